The molecule has 7 N–H and O–H groups in total. The number of nitrogens with two attached hydrogens (primary N) is 2. The second-order valence-electron chi connectivity index (χ2n) is 10.6. The number of nitrogens with zero attached hydrogens (tertiary/aromatic N) is 2. The Hall–Kier alpha value is -4.04. The number of phenols is 1. The molecular formula is C25H31N5O9. The second-order valence-corrected chi connectivity index (χ2v) is 10.6. The molecule has 0 heterocycles. The standard InChI is InChI=1S/C25H31N5O9/c1-29(2)11-7-10(26)18(31)12-8(11)6-9-13(19(12)32)21(34)25(38)15(16(9)28-24(37)39-5)17(30(3)4)20(33)14(22(25)35)23(27)36/h7,9,13-17,31,38H,6,26H2,1-5H3,(H2,27,36)(H,28,37)/t9-,13?,14?,15+,16+,17+,25+/m1/s1. The Balaban J connectivity index is 2.03. The molecule has 0 aliphatic heterocycles. The van der Waals surface area contributed by atoms with Crippen LogP contribution >= 0.6 is 0 Å². The summed E-state index contributed by atoms with van der Waals surface area (Å²) in [6, 6.07) is -1.31. The van der Waals surface area contributed by atoms with Gasteiger partial charge in [0.15, 0.2) is 34.7 Å². The highest BCUT2D eigenvalue weighted by atomic mass is 16.5. The number of methoxy groups -OCH3 is 1. The molecule has 3 aliphatic rings. The molecule has 14 nitrogen and oxygen atoms in total. The summed E-state index contributed by atoms with van der Waals surface area (Å²) in [5.41, 5.74) is 8.66. The van der Waals surface area contributed by atoms with Crippen molar-refractivity contribution in [2.45, 2.75) is 24.1 Å². The SMILES string of the molecule is COC(=O)N[C@@H]1[C@H]2[C@H](N(C)C)C(=O)C(C(N)=O)C(=O)[C@@]2(O)C(=O)C2C(=O)c3c(O)c(N)cc(N(C)C)c3C[C@H]21. The van der Waals surface area contributed by atoms with E-state index in [2.05, 4.69) is 5.32 Å². The molecule has 7 atom stereocenters. The number of nitrogens with one attached hydrogen (secondary N) is 1. The summed E-state index contributed by atoms with van der Waals surface area (Å²) in [4.78, 5) is 82.7. The number of hydrogen-bond donors (Lipinski definition) is 5. The highest BCUT2D eigenvalue weighted by Gasteiger charge is 2.72. The van der Waals surface area contributed by atoms with Gasteiger partial charge in [0, 0.05) is 37.7 Å². The van der Waals surface area contributed by atoms with Gasteiger partial charge < -0.3 is 36.6 Å². The van der Waals surface area contributed by atoms with E-state index in [0.29, 0.717) is 11.3 Å². The largest absolute Gasteiger partial charge is 0.505 e. The molecule has 1 aromatic rings. The smallest absolute Gasteiger partial charge is 0.407 e. The Morgan fingerprint density at radius 3 is 2.26 bits per heavy atom. The van der Waals surface area contributed by atoms with E-state index in [1.807, 2.05) is 0 Å². The minimum absolute atomic E-state index is 0.0815. The molecular weight excluding hydrogens is 514 g/mol. The maximum atomic E-state index is 14.1. The fourth-order valence-corrected chi connectivity index (χ4v) is 6.51. The minimum Gasteiger partial charge on any atom is -0.505 e. The molecule has 2 saturated carbocycles. The van der Waals surface area contributed by atoms with Crippen LogP contribution in [0.1, 0.15) is 15.9 Å². The summed E-state index contributed by atoms with van der Waals surface area (Å²) >= 11 is 0. The zero-order valence-electron chi connectivity index (χ0n) is 22.0. The predicted molar refractivity (Wildman–Crippen MR) is 135 cm³/mol. The third-order valence-corrected chi connectivity index (χ3v) is 8.15. The van der Waals surface area contributed by atoms with Gasteiger partial charge in [0.2, 0.25) is 5.91 Å². The van der Waals surface area contributed by atoms with Crippen LogP contribution in [0.4, 0.5) is 16.2 Å². The van der Waals surface area contributed by atoms with Crippen LogP contribution in [0.3, 0.4) is 0 Å². The predicted octanol–water partition coefficient (Wildman–Crippen LogP) is -2.15. The first-order valence-electron chi connectivity index (χ1n) is 12.1. The summed E-state index contributed by atoms with van der Waals surface area (Å²) in [6.07, 6.45) is -1.09. The third-order valence-electron chi connectivity index (χ3n) is 8.15. The van der Waals surface area contributed by atoms with E-state index in [9.17, 15) is 39.0 Å². The van der Waals surface area contributed by atoms with E-state index >= 15 is 0 Å². The molecule has 0 bridgehead atoms. The van der Waals surface area contributed by atoms with Crippen molar-refractivity contribution < 1.29 is 43.7 Å². The van der Waals surface area contributed by atoms with Gasteiger partial charge in [-0.25, -0.2) is 4.79 Å². The summed E-state index contributed by atoms with van der Waals surface area (Å²) in [7, 11) is 7.32. The van der Waals surface area contributed by atoms with Crippen molar-refractivity contribution in [1.29, 1.82) is 0 Å². The Morgan fingerprint density at radius 2 is 1.74 bits per heavy atom. The molecule has 0 radical (unpaired) electrons. The van der Waals surface area contributed by atoms with Gasteiger partial charge in [-0.1, -0.05) is 0 Å². The van der Waals surface area contributed by atoms with E-state index in [1.165, 1.54) is 25.1 Å². The fraction of sp³-hybridized carbons (Fsp3) is 0.520. The van der Waals surface area contributed by atoms with Crippen LogP contribution in [0.25, 0.3) is 0 Å². The lowest BCUT2D eigenvalue weighted by Gasteiger charge is -2.56. The van der Waals surface area contributed by atoms with Crippen molar-refractivity contribution in [1.82, 2.24) is 10.2 Å². The zero-order valence-corrected chi connectivity index (χ0v) is 22.0. The fourth-order valence-electron chi connectivity index (χ4n) is 6.51. The molecule has 0 saturated heterocycles. The van der Waals surface area contributed by atoms with Crippen LogP contribution in [0.15, 0.2) is 6.07 Å². The summed E-state index contributed by atoms with van der Waals surface area (Å²) in [5, 5.41) is 25.2. The normalized spacial score (nSPS) is 31.8. The Labute approximate surface area is 223 Å². The van der Waals surface area contributed by atoms with E-state index in [4.69, 9.17) is 16.2 Å². The number of hydrogen-bond acceptors (Lipinski definition) is 12. The second kappa shape index (κ2) is 9.31. The number of nitrogen functional groups attached to an aromatic ring is 1. The Bertz CT molecular complexity index is 1330. The Morgan fingerprint density at radius 1 is 1.13 bits per heavy atom. The van der Waals surface area contributed by atoms with E-state index in [1.54, 1.807) is 19.0 Å². The number of benzene rings is 1. The maximum absolute atomic E-state index is 14.1. The van der Waals surface area contributed by atoms with Crippen molar-refractivity contribution in [3.8, 4) is 5.75 Å². The molecule has 2 unspecified atom stereocenters. The molecule has 4 rings (SSSR count). The van der Waals surface area contributed by atoms with E-state index in [0.717, 1.165) is 7.11 Å². The number of carbonyl (C=O) groups excluding carboxylic acids is 6. The molecule has 3 aliphatic carbocycles. The molecule has 39 heavy (non-hydrogen) atoms. The number of aromatic hydroxyl groups is 1. The third kappa shape index (κ3) is 3.77. The first-order chi connectivity index (χ1) is 18.1. The van der Waals surface area contributed by atoms with Gasteiger partial charge in [0.05, 0.1) is 30.3 Å². The van der Waals surface area contributed by atoms with Crippen molar-refractivity contribution >= 4 is 46.5 Å². The lowest BCUT2D eigenvalue weighted by Crippen LogP contribution is -2.79. The van der Waals surface area contributed by atoms with Gasteiger partial charge in [0.1, 0.15) is 5.75 Å². The first kappa shape index (κ1) is 28.0. The first-order valence-corrected chi connectivity index (χ1v) is 12.1. The van der Waals surface area contributed by atoms with Gasteiger partial charge >= 0.3 is 6.09 Å². The number of alkyl carbamates (subject to hydrolysis) is 1. The number of phenolic OH excluding ortho intramolecular Hbond substituents is 1. The minimum atomic E-state index is -3.05. The number of rotatable bonds is 4. The molecule has 2 fully saturated rings. The van der Waals surface area contributed by atoms with Crippen molar-refractivity contribution in [3.05, 3.63) is 17.2 Å². The number of Topliss-reactive ketones (excluding diaryl/α,β-unsaturated/α-hetero) is 4. The van der Waals surface area contributed by atoms with Crippen LogP contribution in [-0.4, -0.2) is 103 Å². The van der Waals surface area contributed by atoms with Crippen LogP contribution < -0.4 is 21.7 Å². The molecule has 1 aromatic carbocycles. The topological polar surface area (TPSA) is 223 Å². The van der Waals surface area contributed by atoms with Gasteiger partial charge in [-0.05, 0) is 32.1 Å². The van der Waals surface area contributed by atoms with Crippen molar-refractivity contribution in [2.75, 3.05) is 45.9 Å². The number of primary amides is 1. The quantitative estimate of drug-likeness (QED) is 0.155. The number of fused-ring (bicyclic) bond motifs is 3. The summed E-state index contributed by atoms with van der Waals surface area (Å²) in [5.74, 6) is -13.1. The summed E-state index contributed by atoms with van der Waals surface area (Å²) < 4.78 is 4.75. The molecule has 0 aromatic heterocycles. The lowest BCUT2D eigenvalue weighted by molar-refractivity contribution is -0.184. The molecule has 2 amide bonds. The average molecular weight is 546 g/mol. The number of carbonyl (C=O) groups is 6. The van der Waals surface area contributed by atoms with Crippen molar-refractivity contribution in [2.24, 2.45) is 29.4 Å². The van der Waals surface area contributed by atoms with Crippen LogP contribution in [0.5, 0.6) is 5.75 Å². The highest BCUT2D eigenvalue weighted by molar-refractivity contribution is 6.32. The van der Waals surface area contributed by atoms with Crippen molar-refractivity contribution in [3.63, 3.8) is 0 Å². The van der Waals surface area contributed by atoms with Crippen LogP contribution in [0, 0.1) is 23.7 Å². The zero-order chi connectivity index (χ0) is 29.3. The van der Waals surface area contributed by atoms with Gasteiger partial charge in [-0.15, -0.1) is 0 Å². The lowest BCUT2D eigenvalue weighted by atomic mass is 9.50. The number of anilines is 2. The highest BCUT2D eigenvalue weighted by Crippen LogP contribution is 2.52. The number of likely N-dealkylation sites (N-methyl/N-ethyl adjacent to an activating group) is 1. The van der Waals surface area contributed by atoms with Crippen LogP contribution in [-0.2, 0) is 30.3 Å². The van der Waals surface area contributed by atoms with Gasteiger partial charge in [0.25, 0.3) is 0 Å². The van der Waals surface area contributed by atoms with Gasteiger partial charge in [-0.2, -0.15) is 0 Å². The molecule has 210 valence electrons. The maximum Gasteiger partial charge on any atom is 0.407 e. The Kier molecular flexibility index (Phi) is 6.68. The van der Waals surface area contributed by atoms with Gasteiger partial charge in [-0.3, -0.25) is 28.9 Å². The van der Waals surface area contributed by atoms with Crippen LogP contribution in [0.2, 0.25) is 0 Å². The monoisotopic (exact) mass is 545 g/mol. The number of ether oxygens (including phenoxy) is 1. The van der Waals surface area contributed by atoms with E-state index < -0.39 is 82.2 Å². The number of aliphatic hydroxyl groups is 1. The average Bonchev–Trinajstić information content (AvgIpc) is 2.84. The summed E-state index contributed by atoms with van der Waals surface area (Å²) in [6.45, 7) is 0. The number of amides is 2. The molecule has 0 spiro atoms. The van der Waals surface area contributed by atoms with E-state index in [-0.39, 0.29) is 17.7 Å². The number of ketones is 4. The molecule has 14 heteroatoms.